The predicted octanol–water partition coefficient (Wildman–Crippen LogP) is 1.91. The smallest absolute Gasteiger partial charge is 0.187 e. The summed E-state index contributed by atoms with van der Waals surface area (Å²) >= 11 is 0. The largest absolute Gasteiger partial charge is 0.492 e. The highest BCUT2D eigenvalue weighted by Crippen LogP contribution is 2.23. The monoisotopic (exact) mass is 255 g/mol. The van der Waals surface area contributed by atoms with Crippen LogP contribution in [0.2, 0.25) is 0 Å². The van der Waals surface area contributed by atoms with E-state index < -0.39 is 12.4 Å². The van der Waals surface area contributed by atoms with Crippen LogP contribution in [-0.2, 0) is 9.47 Å². The average Bonchev–Trinajstić information content (AvgIpc) is 2.38. The Balaban J connectivity index is 2.79. The van der Waals surface area contributed by atoms with E-state index in [1.54, 1.807) is 18.5 Å². The quantitative estimate of drug-likeness (QED) is 0.719. The van der Waals surface area contributed by atoms with E-state index >= 15 is 0 Å². The molecule has 0 spiro atoms. The second-order valence-electron chi connectivity index (χ2n) is 3.61. The lowest BCUT2D eigenvalue weighted by Crippen LogP contribution is -2.25. The number of hydrogen-bond acceptors (Lipinski definition) is 5. The zero-order valence-electron chi connectivity index (χ0n) is 11.1. The summed E-state index contributed by atoms with van der Waals surface area (Å²) in [6, 6.07) is 1.74. The van der Waals surface area contributed by atoms with E-state index in [4.69, 9.17) is 14.2 Å². The maximum absolute atomic E-state index is 10.2. The Bertz CT molecular complexity index is 340. The van der Waals surface area contributed by atoms with Crippen LogP contribution in [0.25, 0.3) is 0 Å². The van der Waals surface area contributed by atoms with Crippen LogP contribution in [0.4, 0.5) is 0 Å². The van der Waals surface area contributed by atoms with Gasteiger partial charge in [-0.1, -0.05) is 0 Å². The molecule has 5 nitrogen and oxygen atoms in total. The Morgan fingerprint density at radius 1 is 1.11 bits per heavy atom. The van der Waals surface area contributed by atoms with Crippen molar-refractivity contribution in [1.82, 2.24) is 4.98 Å². The number of nitrogens with zero attached hydrogens (tertiary/aromatic N) is 1. The molecule has 0 amide bonds. The maximum atomic E-state index is 10.2. The molecule has 1 atom stereocenters. The van der Waals surface area contributed by atoms with Crippen molar-refractivity contribution in [2.45, 2.75) is 33.2 Å². The molecule has 1 heterocycles. The fourth-order valence-electron chi connectivity index (χ4n) is 1.56. The zero-order valence-corrected chi connectivity index (χ0v) is 11.1. The first-order valence-corrected chi connectivity index (χ1v) is 6.21. The molecular formula is C13H21NO4. The fraction of sp³-hybridized carbons (Fsp3) is 0.615. The molecular weight excluding hydrogens is 234 g/mol. The topological polar surface area (TPSA) is 60.8 Å². The average molecular weight is 255 g/mol. The van der Waals surface area contributed by atoms with Gasteiger partial charge < -0.3 is 19.3 Å². The zero-order chi connectivity index (χ0) is 13.4. The van der Waals surface area contributed by atoms with Crippen LogP contribution in [0.15, 0.2) is 18.5 Å². The molecule has 18 heavy (non-hydrogen) atoms. The first kappa shape index (κ1) is 14.9. The highest BCUT2D eigenvalue weighted by atomic mass is 16.7. The van der Waals surface area contributed by atoms with Crippen molar-refractivity contribution >= 4 is 0 Å². The number of aliphatic hydroxyl groups excluding tert-OH is 1. The van der Waals surface area contributed by atoms with Gasteiger partial charge in [-0.15, -0.1) is 0 Å². The third-order valence-electron chi connectivity index (χ3n) is 2.31. The molecule has 1 N–H and O–H groups in total. The first-order valence-electron chi connectivity index (χ1n) is 6.21. The number of aromatic nitrogens is 1. The van der Waals surface area contributed by atoms with Gasteiger partial charge >= 0.3 is 0 Å². The summed E-state index contributed by atoms with van der Waals surface area (Å²) in [6.45, 7) is 7.11. The molecule has 1 aromatic heterocycles. The number of hydrogen-bond donors (Lipinski definition) is 1. The van der Waals surface area contributed by atoms with Gasteiger partial charge in [0.2, 0.25) is 0 Å². The van der Waals surface area contributed by atoms with Gasteiger partial charge in [0.1, 0.15) is 11.9 Å². The van der Waals surface area contributed by atoms with Crippen LogP contribution < -0.4 is 4.74 Å². The molecule has 1 unspecified atom stereocenters. The summed E-state index contributed by atoms with van der Waals surface area (Å²) in [5.74, 6) is 0.626. The third kappa shape index (κ3) is 4.25. The second-order valence-corrected chi connectivity index (χ2v) is 3.61. The third-order valence-corrected chi connectivity index (χ3v) is 2.31. The molecule has 102 valence electrons. The van der Waals surface area contributed by atoms with Crippen LogP contribution in [0, 0.1) is 0 Å². The number of ether oxygens (including phenoxy) is 3. The summed E-state index contributed by atoms with van der Waals surface area (Å²) in [7, 11) is 0. The molecule has 0 radical (unpaired) electrons. The van der Waals surface area contributed by atoms with Crippen molar-refractivity contribution in [2.24, 2.45) is 0 Å². The first-order chi connectivity index (χ1) is 8.72. The van der Waals surface area contributed by atoms with Gasteiger partial charge in [-0.3, -0.25) is 4.98 Å². The van der Waals surface area contributed by atoms with E-state index in [1.807, 2.05) is 20.8 Å². The number of rotatable bonds is 8. The Hall–Kier alpha value is -1.17. The minimum Gasteiger partial charge on any atom is -0.492 e. The predicted molar refractivity (Wildman–Crippen MR) is 67.4 cm³/mol. The van der Waals surface area contributed by atoms with Gasteiger partial charge in [0.15, 0.2) is 6.29 Å². The van der Waals surface area contributed by atoms with Crippen molar-refractivity contribution in [3.8, 4) is 5.75 Å². The summed E-state index contributed by atoms with van der Waals surface area (Å²) in [5, 5.41) is 10.2. The van der Waals surface area contributed by atoms with Crippen LogP contribution in [0.3, 0.4) is 0 Å². The molecule has 0 aliphatic rings. The summed E-state index contributed by atoms with van der Waals surface area (Å²) in [6.07, 6.45) is 1.63. The molecule has 0 saturated carbocycles. The van der Waals surface area contributed by atoms with Crippen LogP contribution in [-0.4, -0.2) is 36.2 Å². The minimum absolute atomic E-state index is 0.473. The Labute approximate surface area is 108 Å². The van der Waals surface area contributed by atoms with E-state index in [2.05, 4.69) is 4.98 Å². The molecule has 0 fully saturated rings. The molecule has 0 aliphatic carbocycles. The van der Waals surface area contributed by atoms with Gasteiger partial charge in [0.25, 0.3) is 0 Å². The van der Waals surface area contributed by atoms with Crippen LogP contribution >= 0.6 is 0 Å². The number of aliphatic hydroxyl groups is 1. The lowest BCUT2D eigenvalue weighted by molar-refractivity contribution is -0.191. The summed E-state index contributed by atoms with van der Waals surface area (Å²) < 4.78 is 16.1. The van der Waals surface area contributed by atoms with Crippen molar-refractivity contribution in [1.29, 1.82) is 0 Å². The Kier molecular flexibility index (Phi) is 6.64. The Morgan fingerprint density at radius 2 is 1.78 bits per heavy atom. The Morgan fingerprint density at radius 3 is 2.33 bits per heavy atom. The van der Waals surface area contributed by atoms with Gasteiger partial charge in [-0.25, -0.2) is 0 Å². The lowest BCUT2D eigenvalue weighted by Gasteiger charge is -2.22. The normalized spacial score (nSPS) is 12.7. The van der Waals surface area contributed by atoms with Crippen LogP contribution in [0.1, 0.15) is 32.4 Å². The van der Waals surface area contributed by atoms with E-state index in [0.717, 1.165) is 0 Å². The van der Waals surface area contributed by atoms with Crippen molar-refractivity contribution in [3.63, 3.8) is 0 Å². The van der Waals surface area contributed by atoms with Gasteiger partial charge in [-0.2, -0.15) is 0 Å². The van der Waals surface area contributed by atoms with Crippen LogP contribution in [0.5, 0.6) is 5.75 Å². The van der Waals surface area contributed by atoms with E-state index in [-0.39, 0.29) is 0 Å². The van der Waals surface area contributed by atoms with Gasteiger partial charge in [0, 0.05) is 25.0 Å². The molecule has 5 heteroatoms. The van der Waals surface area contributed by atoms with Gasteiger partial charge in [0.05, 0.1) is 12.8 Å². The maximum Gasteiger partial charge on any atom is 0.187 e. The highest BCUT2D eigenvalue weighted by molar-refractivity contribution is 5.25. The molecule has 0 aliphatic heterocycles. The standard InChI is InChI=1S/C13H21NO4/c1-4-16-11-7-10(8-14-9-11)12(15)13(17-5-2)18-6-3/h7-9,12-13,15H,4-6H2,1-3H3. The molecule has 0 bridgehead atoms. The van der Waals surface area contributed by atoms with Crippen molar-refractivity contribution in [3.05, 3.63) is 24.0 Å². The van der Waals surface area contributed by atoms with Crippen molar-refractivity contribution in [2.75, 3.05) is 19.8 Å². The van der Waals surface area contributed by atoms with E-state index in [0.29, 0.717) is 31.1 Å². The molecule has 0 saturated heterocycles. The molecule has 1 aromatic rings. The second kappa shape index (κ2) is 8.02. The van der Waals surface area contributed by atoms with Gasteiger partial charge in [-0.05, 0) is 26.8 Å². The van der Waals surface area contributed by atoms with E-state index in [1.165, 1.54) is 0 Å². The molecule has 0 aromatic carbocycles. The summed E-state index contributed by atoms with van der Waals surface area (Å²) in [5.41, 5.74) is 0.618. The highest BCUT2D eigenvalue weighted by Gasteiger charge is 2.22. The lowest BCUT2D eigenvalue weighted by atomic mass is 10.1. The van der Waals surface area contributed by atoms with Crippen molar-refractivity contribution < 1.29 is 19.3 Å². The molecule has 1 rings (SSSR count). The van der Waals surface area contributed by atoms with E-state index in [9.17, 15) is 5.11 Å². The number of pyridine rings is 1. The fourth-order valence-corrected chi connectivity index (χ4v) is 1.56. The SMILES string of the molecule is CCOc1cncc(C(O)C(OCC)OCC)c1. The summed E-state index contributed by atoms with van der Waals surface area (Å²) in [4.78, 5) is 4.03. The minimum atomic E-state index is -0.877.